The van der Waals surface area contributed by atoms with Crippen LogP contribution >= 0.6 is 0 Å². The Morgan fingerprint density at radius 3 is 2.38 bits per heavy atom. The van der Waals surface area contributed by atoms with E-state index in [0.29, 0.717) is 5.56 Å². The van der Waals surface area contributed by atoms with Gasteiger partial charge in [0.2, 0.25) is 0 Å². The zero-order valence-corrected chi connectivity index (χ0v) is 9.46. The Bertz CT molecular complexity index is 387. The smallest absolute Gasteiger partial charge is 0.387 e. The number of ether oxygens (including phenoxy) is 1. The van der Waals surface area contributed by atoms with Gasteiger partial charge < -0.3 is 4.74 Å². The van der Waals surface area contributed by atoms with Crippen molar-refractivity contribution >= 4 is 5.78 Å². The second-order valence-corrected chi connectivity index (χ2v) is 3.93. The lowest BCUT2D eigenvalue weighted by atomic mass is 9.99. The number of hydrogen-bond donors (Lipinski definition) is 0. The molecule has 0 heterocycles. The fraction of sp³-hybridized carbons (Fsp3) is 0.417. The van der Waals surface area contributed by atoms with Crippen LogP contribution in [0.2, 0.25) is 0 Å². The molecule has 1 aromatic rings. The molecule has 0 bridgehead atoms. The van der Waals surface area contributed by atoms with E-state index in [4.69, 9.17) is 0 Å². The molecule has 0 aliphatic rings. The summed E-state index contributed by atoms with van der Waals surface area (Å²) >= 11 is 0. The Morgan fingerprint density at radius 2 is 1.88 bits per heavy atom. The van der Waals surface area contributed by atoms with Crippen LogP contribution in [0.1, 0.15) is 29.8 Å². The molecule has 0 saturated heterocycles. The van der Waals surface area contributed by atoms with Crippen LogP contribution in [0.15, 0.2) is 18.2 Å². The molecule has 0 aromatic heterocycles. The maximum Gasteiger partial charge on any atom is 0.387 e. The highest BCUT2D eigenvalue weighted by Gasteiger charge is 2.13. The summed E-state index contributed by atoms with van der Waals surface area (Å²) in [6, 6.07) is 4.49. The van der Waals surface area contributed by atoms with Crippen LogP contribution in [-0.4, -0.2) is 12.4 Å². The second kappa shape index (κ2) is 5.05. The molecule has 88 valence electrons. The lowest BCUT2D eigenvalue weighted by molar-refractivity contribution is -0.0499. The maximum atomic E-state index is 12.0. The number of carbonyl (C=O) groups excluding carboxylic acids is 1. The molecule has 4 heteroatoms. The Balaban J connectivity index is 3.03. The summed E-state index contributed by atoms with van der Waals surface area (Å²) in [6.45, 7) is 2.38. The predicted octanol–water partition coefficient (Wildman–Crippen LogP) is 3.44. The van der Waals surface area contributed by atoms with Crippen molar-refractivity contribution in [3.63, 3.8) is 0 Å². The van der Waals surface area contributed by atoms with E-state index in [1.54, 1.807) is 26.8 Å². The average Bonchev–Trinajstić information content (AvgIpc) is 2.14. The number of hydrogen-bond acceptors (Lipinski definition) is 2. The molecule has 0 N–H and O–H groups in total. The molecule has 0 amide bonds. The molecule has 2 nitrogen and oxygen atoms in total. The van der Waals surface area contributed by atoms with Crippen LogP contribution in [0, 0.1) is 12.8 Å². The molecule has 0 spiro atoms. The van der Waals surface area contributed by atoms with Crippen molar-refractivity contribution in [1.29, 1.82) is 0 Å². The molecule has 0 atom stereocenters. The first-order chi connectivity index (χ1) is 7.40. The van der Waals surface area contributed by atoms with Gasteiger partial charge in [0, 0.05) is 11.5 Å². The third kappa shape index (κ3) is 3.29. The highest BCUT2D eigenvalue weighted by molar-refractivity contribution is 5.97. The highest BCUT2D eigenvalue weighted by Crippen LogP contribution is 2.21. The number of aryl methyl sites for hydroxylation is 1. The van der Waals surface area contributed by atoms with E-state index in [0.717, 1.165) is 5.56 Å². The summed E-state index contributed by atoms with van der Waals surface area (Å²) in [5, 5.41) is 0. The summed E-state index contributed by atoms with van der Waals surface area (Å²) < 4.78 is 28.4. The van der Waals surface area contributed by atoms with Gasteiger partial charge >= 0.3 is 6.61 Å². The SMILES string of the molecule is Cc1cc(OC(F)F)cc(C(=O)C(C)C)c1. The van der Waals surface area contributed by atoms with E-state index in [9.17, 15) is 13.6 Å². The minimum atomic E-state index is -2.87. The fourth-order valence-electron chi connectivity index (χ4n) is 1.39. The molecule has 1 aromatic carbocycles. The minimum absolute atomic E-state index is 0.0269. The van der Waals surface area contributed by atoms with Gasteiger partial charge in [0.05, 0.1) is 0 Å². The minimum Gasteiger partial charge on any atom is -0.435 e. The van der Waals surface area contributed by atoms with E-state index in [1.807, 2.05) is 0 Å². The van der Waals surface area contributed by atoms with Gasteiger partial charge in [0.25, 0.3) is 0 Å². The van der Waals surface area contributed by atoms with Crippen molar-refractivity contribution in [3.05, 3.63) is 29.3 Å². The number of halogens is 2. The van der Waals surface area contributed by atoms with Crippen LogP contribution in [-0.2, 0) is 0 Å². The Morgan fingerprint density at radius 1 is 1.25 bits per heavy atom. The van der Waals surface area contributed by atoms with Crippen LogP contribution in [0.5, 0.6) is 5.75 Å². The van der Waals surface area contributed by atoms with Crippen LogP contribution in [0.25, 0.3) is 0 Å². The first-order valence-electron chi connectivity index (χ1n) is 5.01. The zero-order chi connectivity index (χ0) is 12.3. The summed E-state index contributed by atoms with van der Waals surface area (Å²) in [6.07, 6.45) is 0. The number of alkyl halides is 2. The Kier molecular flexibility index (Phi) is 3.99. The highest BCUT2D eigenvalue weighted by atomic mass is 19.3. The molecule has 0 aliphatic carbocycles. The monoisotopic (exact) mass is 228 g/mol. The molecule has 0 saturated carbocycles. The largest absolute Gasteiger partial charge is 0.435 e. The van der Waals surface area contributed by atoms with Crippen LogP contribution in [0.3, 0.4) is 0 Å². The van der Waals surface area contributed by atoms with Crippen LogP contribution in [0.4, 0.5) is 8.78 Å². The number of rotatable bonds is 4. The predicted molar refractivity (Wildman–Crippen MR) is 57.0 cm³/mol. The normalized spacial score (nSPS) is 10.9. The van der Waals surface area contributed by atoms with Gasteiger partial charge in [-0.25, -0.2) is 0 Å². The van der Waals surface area contributed by atoms with Crippen LogP contribution < -0.4 is 4.74 Å². The number of benzene rings is 1. The van der Waals surface area contributed by atoms with E-state index >= 15 is 0 Å². The topological polar surface area (TPSA) is 26.3 Å². The summed E-state index contributed by atoms with van der Waals surface area (Å²) in [5.41, 5.74) is 1.13. The van der Waals surface area contributed by atoms with Gasteiger partial charge in [-0.3, -0.25) is 4.79 Å². The Hall–Kier alpha value is -1.45. The molecule has 0 aliphatic heterocycles. The fourth-order valence-corrected chi connectivity index (χ4v) is 1.39. The van der Waals surface area contributed by atoms with Crippen molar-refractivity contribution in [1.82, 2.24) is 0 Å². The molecule has 0 fully saturated rings. The number of Topliss-reactive ketones (excluding diaryl/α,β-unsaturated/α-hetero) is 1. The first-order valence-corrected chi connectivity index (χ1v) is 5.01. The van der Waals surface area contributed by atoms with Gasteiger partial charge in [-0.05, 0) is 30.7 Å². The number of ketones is 1. The molecule has 0 unspecified atom stereocenters. The van der Waals surface area contributed by atoms with E-state index in [-0.39, 0.29) is 17.5 Å². The lowest BCUT2D eigenvalue weighted by Gasteiger charge is -2.09. The van der Waals surface area contributed by atoms with Crippen molar-refractivity contribution in [2.75, 3.05) is 0 Å². The van der Waals surface area contributed by atoms with Gasteiger partial charge in [-0.15, -0.1) is 0 Å². The van der Waals surface area contributed by atoms with Gasteiger partial charge in [-0.1, -0.05) is 13.8 Å². The van der Waals surface area contributed by atoms with E-state index in [1.165, 1.54) is 12.1 Å². The van der Waals surface area contributed by atoms with Gasteiger partial charge in [-0.2, -0.15) is 8.78 Å². The lowest BCUT2D eigenvalue weighted by Crippen LogP contribution is -2.09. The average molecular weight is 228 g/mol. The Labute approximate surface area is 93.2 Å². The second-order valence-electron chi connectivity index (χ2n) is 3.93. The third-order valence-electron chi connectivity index (χ3n) is 2.08. The molecule has 16 heavy (non-hydrogen) atoms. The summed E-state index contributed by atoms with van der Waals surface area (Å²) in [7, 11) is 0. The van der Waals surface area contributed by atoms with Gasteiger partial charge in [0.15, 0.2) is 5.78 Å². The first kappa shape index (κ1) is 12.6. The number of carbonyl (C=O) groups is 1. The molecular formula is C12H14F2O2. The van der Waals surface area contributed by atoms with E-state index < -0.39 is 6.61 Å². The molecule has 1 rings (SSSR count). The van der Waals surface area contributed by atoms with Crippen molar-refractivity contribution < 1.29 is 18.3 Å². The zero-order valence-electron chi connectivity index (χ0n) is 9.46. The molecular weight excluding hydrogens is 214 g/mol. The van der Waals surface area contributed by atoms with Crippen molar-refractivity contribution in [3.8, 4) is 5.75 Å². The summed E-state index contributed by atoms with van der Waals surface area (Å²) in [4.78, 5) is 11.7. The summed E-state index contributed by atoms with van der Waals surface area (Å²) in [5.74, 6) is -0.219. The molecule has 0 radical (unpaired) electrons. The maximum absolute atomic E-state index is 12.0. The third-order valence-corrected chi connectivity index (χ3v) is 2.08. The van der Waals surface area contributed by atoms with Crippen molar-refractivity contribution in [2.24, 2.45) is 5.92 Å². The van der Waals surface area contributed by atoms with E-state index in [2.05, 4.69) is 4.74 Å². The van der Waals surface area contributed by atoms with Gasteiger partial charge in [0.1, 0.15) is 5.75 Å². The standard InChI is InChI=1S/C12H14F2O2/c1-7(2)11(15)9-4-8(3)5-10(6-9)16-12(13)14/h4-7,12H,1-3H3. The van der Waals surface area contributed by atoms with Crippen molar-refractivity contribution in [2.45, 2.75) is 27.4 Å². The quantitative estimate of drug-likeness (QED) is 0.738.